The third-order valence-corrected chi connectivity index (χ3v) is 12.3. The molecule has 0 atom stereocenters. The van der Waals surface area contributed by atoms with Gasteiger partial charge in [-0.25, -0.2) is 13.4 Å². The molecule has 7 rings (SSSR count). The molecule has 2 aliphatic rings. The smallest absolute Gasteiger partial charge is 0.260 e. The van der Waals surface area contributed by atoms with Gasteiger partial charge in [0, 0.05) is 28.4 Å². The summed E-state index contributed by atoms with van der Waals surface area (Å²) < 4.78 is 29.8. The van der Waals surface area contributed by atoms with Crippen LogP contribution in [0.15, 0.2) is 94.7 Å². The topological polar surface area (TPSA) is 109 Å². The van der Waals surface area contributed by atoms with Crippen LogP contribution in [0, 0.1) is 6.92 Å². The number of hydrogen-bond acceptors (Lipinski definition) is 8. The first-order valence-electron chi connectivity index (χ1n) is 16.8. The van der Waals surface area contributed by atoms with Crippen molar-refractivity contribution in [2.75, 3.05) is 38.5 Å². The van der Waals surface area contributed by atoms with Crippen LogP contribution < -0.4 is 16.2 Å². The molecule has 248 valence electrons. The molecule has 48 heavy (non-hydrogen) atoms. The summed E-state index contributed by atoms with van der Waals surface area (Å²) in [5.74, 6) is 0.944. The predicted molar refractivity (Wildman–Crippen MR) is 192 cm³/mol. The minimum absolute atomic E-state index is 0.200. The normalized spacial score (nSPS) is 16.7. The van der Waals surface area contributed by atoms with Crippen LogP contribution in [0.2, 0.25) is 0 Å². The molecular weight excluding hydrogens is 621 g/mol. The monoisotopic (exact) mass is 662 g/mol. The Morgan fingerprint density at radius 2 is 1.60 bits per heavy atom. The van der Waals surface area contributed by atoms with Crippen molar-refractivity contribution >= 4 is 32.5 Å². The Hall–Kier alpha value is -4.38. The van der Waals surface area contributed by atoms with Gasteiger partial charge in [-0.1, -0.05) is 54.6 Å². The molecule has 0 radical (unpaired) electrons. The van der Waals surface area contributed by atoms with Crippen molar-refractivity contribution in [3.63, 3.8) is 0 Å². The zero-order valence-electron chi connectivity index (χ0n) is 27.5. The third-order valence-electron chi connectivity index (χ3n) is 9.98. The Kier molecular flexibility index (Phi) is 9.13. The lowest BCUT2D eigenvalue weighted by molar-refractivity contribution is 0.277. The second kappa shape index (κ2) is 13.6. The lowest BCUT2D eigenvalue weighted by Gasteiger charge is -2.29. The van der Waals surface area contributed by atoms with Crippen molar-refractivity contribution in [2.24, 2.45) is 0 Å². The number of aromatic nitrogens is 3. The number of nitrogens with one attached hydrogen (secondary N) is 2. The van der Waals surface area contributed by atoms with E-state index in [-0.39, 0.29) is 17.0 Å². The Morgan fingerprint density at radius 3 is 2.35 bits per heavy atom. The van der Waals surface area contributed by atoms with Crippen LogP contribution in [-0.2, 0) is 16.4 Å². The molecule has 2 saturated heterocycles. The molecule has 3 aromatic carbocycles. The average molecular weight is 663 g/mol. The maximum Gasteiger partial charge on any atom is 0.260 e. The molecule has 4 heterocycles. The molecule has 10 heteroatoms. The van der Waals surface area contributed by atoms with Crippen molar-refractivity contribution < 1.29 is 8.42 Å². The minimum atomic E-state index is -3.68. The summed E-state index contributed by atoms with van der Waals surface area (Å²) in [5.41, 5.74) is 5.14. The second-order valence-electron chi connectivity index (χ2n) is 13.2. The van der Waals surface area contributed by atoms with Gasteiger partial charge in [0.1, 0.15) is 5.65 Å². The largest absolute Gasteiger partial charge is 0.324 e. The van der Waals surface area contributed by atoms with Gasteiger partial charge in [-0.2, -0.15) is 4.98 Å². The summed E-state index contributed by atoms with van der Waals surface area (Å²) >= 11 is 0. The van der Waals surface area contributed by atoms with E-state index in [2.05, 4.69) is 44.8 Å². The molecule has 0 aliphatic carbocycles. The molecule has 9 nitrogen and oxygen atoms in total. The van der Waals surface area contributed by atoms with Crippen LogP contribution in [-0.4, -0.2) is 66.3 Å². The number of likely N-dealkylation sites (tertiary alicyclic amines) is 1. The van der Waals surface area contributed by atoms with Gasteiger partial charge in [0.25, 0.3) is 5.56 Å². The van der Waals surface area contributed by atoms with Crippen LogP contribution in [0.5, 0.6) is 0 Å². The van der Waals surface area contributed by atoms with Gasteiger partial charge in [-0.15, -0.1) is 0 Å². The summed E-state index contributed by atoms with van der Waals surface area (Å²) in [6, 6.07) is 25.0. The van der Waals surface area contributed by atoms with Crippen molar-refractivity contribution in [3.8, 4) is 11.1 Å². The van der Waals surface area contributed by atoms with E-state index in [1.807, 2.05) is 38.2 Å². The number of anilines is 2. The fraction of sp³-hybridized carbons (Fsp3) is 0.342. The van der Waals surface area contributed by atoms with E-state index in [1.165, 1.54) is 5.56 Å². The first-order chi connectivity index (χ1) is 23.3. The van der Waals surface area contributed by atoms with Crippen molar-refractivity contribution in [1.29, 1.82) is 0 Å². The van der Waals surface area contributed by atoms with Crippen molar-refractivity contribution in [1.82, 2.24) is 24.8 Å². The minimum Gasteiger partial charge on any atom is -0.324 e. The van der Waals surface area contributed by atoms with Gasteiger partial charge in [0.05, 0.1) is 16.7 Å². The van der Waals surface area contributed by atoms with Gasteiger partial charge in [0.2, 0.25) is 5.95 Å². The number of nitrogens with zero attached hydrogens (tertiary/aromatic N) is 4. The van der Waals surface area contributed by atoms with Gasteiger partial charge in [-0.3, -0.25) is 9.36 Å². The highest BCUT2D eigenvalue weighted by molar-refractivity contribution is 7.92. The van der Waals surface area contributed by atoms with E-state index in [4.69, 9.17) is 4.98 Å². The molecular formula is C38H42N6O3S. The number of piperidine rings is 2. The molecule has 2 aliphatic heterocycles. The number of pyridine rings is 1. The number of rotatable bonds is 8. The quantitative estimate of drug-likeness (QED) is 0.212. The van der Waals surface area contributed by atoms with E-state index in [1.54, 1.807) is 41.1 Å². The van der Waals surface area contributed by atoms with Crippen LogP contribution in [0.25, 0.3) is 22.2 Å². The lowest BCUT2D eigenvalue weighted by Crippen LogP contribution is -2.37. The van der Waals surface area contributed by atoms with Gasteiger partial charge in [0.15, 0.2) is 9.84 Å². The lowest BCUT2D eigenvalue weighted by atomic mass is 9.90. The van der Waals surface area contributed by atoms with Crippen molar-refractivity contribution in [2.45, 2.75) is 55.2 Å². The van der Waals surface area contributed by atoms with Crippen LogP contribution >= 0.6 is 0 Å². The van der Waals surface area contributed by atoms with Gasteiger partial charge >= 0.3 is 0 Å². The summed E-state index contributed by atoms with van der Waals surface area (Å²) in [7, 11) is -1.67. The van der Waals surface area contributed by atoms with Gasteiger partial charge < -0.3 is 15.5 Å². The maximum absolute atomic E-state index is 14.5. The standard InChI is InChI=1S/C38H42N6O3S/c1-26-7-3-4-8-29(26)25-44-36-30(24-40-38(42-36)41-31-13-11-27(12-14-31)28-15-19-39-20-16-28)23-34(37(44)45)33-9-5-6-10-35(33)48(46,47)32-17-21-43(2)22-18-32/h3-14,23-24,28,32,39H,15-22,25H2,1-2H3,(H,40,41,42). The molecule has 0 amide bonds. The number of hydrogen-bond donors (Lipinski definition) is 2. The Bertz CT molecular complexity index is 2100. The van der Waals surface area contributed by atoms with Crippen LogP contribution in [0.4, 0.5) is 11.6 Å². The van der Waals surface area contributed by atoms with Crippen LogP contribution in [0.1, 0.15) is 48.3 Å². The zero-order chi connectivity index (χ0) is 33.3. The number of aryl methyl sites for hydroxylation is 1. The Labute approximate surface area is 282 Å². The summed E-state index contributed by atoms with van der Waals surface area (Å²) in [6.45, 7) is 5.83. The molecule has 2 N–H and O–H groups in total. The number of fused-ring (bicyclic) bond motifs is 1. The summed E-state index contributed by atoms with van der Waals surface area (Å²) in [5, 5.41) is 6.91. The zero-order valence-corrected chi connectivity index (χ0v) is 28.3. The van der Waals surface area contributed by atoms with E-state index in [9.17, 15) is 13.2 Å². The first kappa shape index (κ1) is 32.2. The highest BCUT2D eigenvalue weighted by atomic mass is 32.2. The second-order valence-corrected chi connectivity index (χ2v) is 15.4. The SMILES string of the molecule is Cc1ccccc1Cn1c(=O)c(-c2ccccc2S(=O)(=O)C2CCN(C)CC2)cc2cnc(Nc3ccc(C4CCNCC4)cc3)nc21. The highest BCUT2D eigenvalue weighted by Crippen LogP contribution is 2.33. The first-order valence-corrected chi connectivity index (χ1v) is 18.4. The maximum atomic E-state index is 14.5. The van der Waals surface area contributed by atoms with E-state index in [0.29, 0.717) is 46.9 Å². The highest BCUT2D eigenvalue weighted by Gasteiger charge is 2.33. The summed E-state index contributed by atoms with van der Waals surface area (Å²) in [4.78, 5) is 26.4. The number of benzene rings is 3. The molecule has 2 aromatic heterocycles. The van der Waals surface area contributed by atoms with E-state index in [0.717, 1.165) is 55.8 Å². The fourth-order valence-corrected chi connectivity index (χ4v) is 8.99. The predicted octanol–water partition coefficient (Wildman–Crippen LogP) is 5.89. The Morgan fingerprint density at radius 1 is 0.896 bits per heavy atom. The van der Waals surface area contributed by atoms with Crippen LogP contribution in [0.3, 0.4) is 0 Å². The molecule has 5 aromatic rings. The Balaban J connectivity index is 1.30. The number of sulfone groups is 1. The molecule has 2 fully saturated rings. The average Bonchev–Trinajstić information content (AvgIpc) is 3.11. The molecule has 0 unspecified atom stereocenters. The fourth-order valence-electron chi connectivity index (χ4n) is 7.05. The molecule has 0 saturated carbocycles. The van der Waals surface area contributed by atoms with Crippen molar-refractivity contribution in [3.05, 3.63) is 112 Å². The third kappa shape index (κ3) is 6.52. The summed E-state index contributed by atoms with van der Waals surface area (Å²) in [6.07, 6.45) is 5.10. The van der Waals surface area contributed by atoms with Gasteiger partial charge in [-0.05, 0) is 113 Å². The molecule has 0 bridgehead atoms. The van der Waals surface area contributed by atoms with E-state index < -0.39 is 15.1 Å². The molecule has 0 spiro atoms. The van der Waals surface area contributed by atoms with E-state index >= 15 is 0 Å².